The lowest BCUT2D eigenvalue weighted by atomic mass is 9.99. The fourth-order valence-electron chi connectivity index (χ4n) is 3.84. The van der Waals surface area contributed by atoms with Gasteiger partial charge < -0.3 is 15.3 Å². The Hall–Kier alpha value is -3.85. The van der Waals surface area contributed by atoms with Crippen LogP contribution < -0.4 is 14.8 Å². The van der Waals surface area contributed by atoms with Crippen molar-refractivity contribution >= 4 is 11.6 Å². The highest BCUT2D eigenvalue weighted by Gasteiger charge is 2.29. The first-order chi connectivity index (χ1) is 15.9. The van der Waals surface area contributed by atoms with Gasteiger partial charge in [-0.2, -0.15) is 9.99 Å². The predicted octanol–water partition coefficient (Wildman–Crippen LogP) is 5.33. The van der Waals surface area contributed by atoms with Gasteiger partial charge in [0.2, 0.25) is 5.69 Å². The minimum Gasteiger partial charge on any atom is -0.618 e. The molecule has 2 aromatic carbocycles. The molecule has 0 unspecified atom stereocenters. The first-order valence-corrected chi connectivity index (χ1v) is 11.3. The van der Waals surface area contributed by atoms with E-state index in [0.717, 1.165) is 40.8 Å². The predicted molar refractivity (Wildman–Crippen MR) is 129 cm³/mol. The smallest absolute Gasteiger partial charge is 0.266 e. The van der Waals surface area contributed by atoms with Crippen LogP contribution in [0.1, 0.15) is 59.9 Å². The second-order valence-corrected chi connectivity index (χ2v) is 7.82. The number of pyridine rings is 1. The highest BCUT2D eigenvalue weighted by Crippen LogP contribution is 2.32. The highest BCUT2D eigenvalue weighted by atomic mass is 16.5. The molecule has 0 radical (unpaired) electrons. The molecule has 0 saturated heterocycles. The second kappa shape index (κ2) is 10.6. The van der Waals surface area contributed by atoms with E-state index in [1.165, 1.54) is 0 Å². The average molecular weight is 444 g/mol. The third-order valence-electron chi connectivity index (χ3n) is 5.54. The number of carbonyl (C=O) groups excluding carboxylic acids is 1. The van der Waals surface area contributed by atoms with E-state index in [1.807, 2.05) is 39.0 Å². The summed E-state index contributed by atoms with van der Waals surface area (Å²) >= 11 is 0. The molecule has 3 rings (SSSR count). The van der Waals surface area contributed by atoms with Gasteiger partial charge in [-0.25, -0.2) is 0 Å². The first kappa shape index (κ1) is 23.8. The van der Waals surface area contributed by atoms with E-state index < -0.39 is 5.91 Å². The van der Waals surface area contributed by atoms with Crippen LogP contribution in [-0.2, 0) is 12.8 Å². The number of hydrogen-bond donors (Lipinski definition) is 1. The van der Waals surface area contributed by atoms with E-state index in [4.69, 9.17) is 4.74 Å². The van der Waals surface area contributed by atoms with E-state index in [1.54, 1.807) is 37.3 Å². The van der Waals surface area contributed by atoms with Crippen LogP contribution in [0, 0.1) is 23.5 Å². The molecule has 3 aromatic rings. The molecule has 6 nitrogen and oxygen atoms in total. The molecule has 1 heterocycles. The number of ether oxygens (including phenoxy) is 1. The highest BCUT2D eigenvalue weighted by molar-refractivity contribution is 6.10. The lowest BCUT2D eigenvalue weighted by Crippen LogP contribution is -2.36. The van der Waals surface area contributed by atoms with Gasteiger partial charge in [-0.15, -0.1) is 0 Å². The Morgan fingerprint density at radius 1 is 1.09 bits per heavy atom. The monoisotopic (exact) mass is 443 g/mol. The van der Waals surface area contributed by atoms with E-state index in [0.29, 0.717) is 29.2 Å². The van der Waals surface area contributed by atoms with Gasteiger partial charge in [-0.1, -0.05) is 45.0 Å². The molecule has 0 saturated carbocycles. The number of nitrogens with zero attached hydrogens (tertiary/aromatic N) is 2. The van der Waals surface area contributed by atoms with Crippen LogP contribution in [0.25, 0.3) is 11.3 Å². The number of amides is 1. The van der Waals surface area contributed by atoms with Crippen molar-refractivity contribution in [2.75, 3.05) is 11.9 Å². The molecule has 1 amide bonds. The third kappa shape index (κ3) is 4.98. The van der Waals surface area contributed by atoms with Crippen LogP contribution >= 0.6 is 0 Å². The number of hydrogen-bond acceptors (Lipinski definition) is 4. The minimum absolute atomic E-state index is 0.159. The van der Waals surface area contributed by atoms with Gasteiger partial charge in [0, 0.05) is 24.2 Å². The Morgan fingerprint density at radius 2 is 1.76 bits per heavy atom. The standard InChI is InChI=1S/C27H29N3O3/c1-5-14-33-23-15-18(4)30(32)26(22-13-8-10-19(16-22)17-28)24(23)27(31)29-25-20(6-2)11-9-12-21(25)7-3/h8-13,15-16H,5-7,14H2,1-4H3,(H,29,31). The number of para-hydroxylation sites is 1. The van der Waals surface area contributed by atoms with Gasteiger partial charge >= 0.3 is 0 Å². The maximum absolute atomic E-state index is 13.7. The fraction of sp³-hybridized carbons (Fsp3) is 0.296. The molecule has 0 bridgehead atoms. The third-order valence-corrected chi connectivity index (χ3v) is 5.54. The van der Waals surface area contributed by atoms with Crippen LogP contribution in [0.15, 0.2) is 48.5 Å². The maximum atomic E-state index is 13.7. The summed E-state index contributed by atoms with van der Waals surface area (Å²) in [7, 11) is 0. The summed E-state index contributed by atoms with van der Waals surface area (Å²) in [5, 5.41) is 25.6. The summed E-state index contributed by atoms with van der Waals surface area (Å²) in [4.78, 5) is 13.7. The van der Waals surface area contributed by atoms with Crippen molar-refractivity contribution in [2.45, 2.75) is 47.0 Å². The molecule has 6 heteroatoms. The average Bonchev–Trinajstić information content (AvgIpc) is 2.84. The van der Waals surface area contributed by atoms with Gasteiger partial charge in [-0.3, -0.25) is 4.79 Å². The Balaban J connectivity index is 2.24. The van der Waals surface area contributed by atoms with Crippen LogP contribution in [0.2, 0.25) is 0 Å². The quantitative estimate of drug-likeness (QED) is 0.376. The number of anilines is 1. The molecular formula is C27H29N3O3. The second-order valence-electron chi connectivity index (χ2n) is 7.82. The lowest BCUT2D eigenvalue weighted by molar-refractivity contribution is -0.600. The number of aryl methyl sites for hydroxylation is 3. The summed E-state index contributed by atoms with van der Waals surface area (Å²) in [6, 6.07) is 16.4. The summed E-state index contributed by atoms with van der Waals surface area (Å²) in [5.41, 5.74) is 4.43. The van der Waals surface area contributed by atoms with E-state index >= 15 is 0 Å². The summed E-state index contributed by atoms with van der Waals surface area (Å²) < 4.78 is 6.67. The van der Waals surface area contributed by atoms with Gasteiger partial charge in [0.05, 0.1) is 18.2 Å². The van der Waals surface area contributed by atoms with Crippen molar-refractivity contribution in [2.24, 2.45) is 0 Å². The minimum atomic E-state index is -0.418. The molecule has 0 fully saturated rings. The van der Waals surface area contributed by atoms with E-state index in [-0.39, 0.29) is 11.3 Å². The SMILES string of the molecule is CCCOc1cc(C)[n+]([O-])c(-c2cccc(C#N)c2)c1C(=O)Nc1c(CC)cccc1CC. The number of rotatable bonds is 8. The molecule has 0 aliphatic rings. The Labute approximate surface area is 195 Å². The Bertz CT molecular complexity index is 1190. The van der Waals surface area contributed by atoms with Crippen LogP contribution in [-0.4, -0.2) is 12.5 Å². The summed E-state index contributed by atoms with van der Waals surface area (Å²) in [6.07, 6.45) is 2.27. The van der Waals surface area contributed by atoms with Gasteiger partial charge in [0.25, 0.3) is 5.91 Å². The van der Waals surface area contributed by atoms with Crippen LogP contribution in [0.5, 0.6) is 5.75 Å². The molecule has 0 spiro atoms. The summed E-state index contributed by atoms with van der Waals surface area (Å²) in [5.74, 6) is -0.0676. The molecule has 0 atom stereocenters. The van der Waals surface area contributed by atoms with Crippen LogP contribution in [0.3, 0.4) is 0 Å². The zero-order valence-electron chi connectivity index (χ0n) is 19.6. The Kier molecular flexibility index (Phi) is 7.68. The molecule has 1 N–H and O–H groups in total. The molecule has 170 valence electrons. The summed E-state index contributed by atoms with van der Waals surface area (Å²) in [6.45, 7) is 8.14. The molecular weight excluding hydrogens is 414 g/mol. The molecule has 0 aliphatic carbocycles. The van der Waals surface area contributed by atoms with Gasteiger partial charge in [0.15, 0.2) is 11.3 Å². The zero-order chi connectivity index (χ0) is 24.0. The van der Waals surface area contributed by atoms with E-state index in [9.17, 15) is 15.3 Å². The zero-order valence-corrected chi connectivity index (χ0v) is 19.6. The van der Waals surface area contributed by atoms with Gasteiger partial charge in [0.1, 0.15) is 5.75 Å². The van der Waals surface area contributed by atoms with Crippen molar-refractivity contribution in [1.82, 2.24) is 0 Å². The van der Waals surface area contributed by atoms with Gasteiger partial charge in [-0.05, 0) is 48.6 Å². The van der Waals surface area contributed by atoms with E-state index in [2.05, 4.69) is 11.4 Å². The first-order valence-electron chi connectivity index (χ1n) is 11.3. The van der Waals surface area contributed by atoms with Crippen molar-refractivity contribution in [3.63, 3.8) is 0 Å². The van der Waals surface area contributed by atoms with Crippen LogP contribution in [0.4, 0.5) is 5.69 Å². The molecule has 33 heavy (non-hydrogen) atoms. The van der Waals surface area contributed by atoms with Crippen molar-refractivity contribution in [1.29, 1.82) is 5.26 Å². The number of nitriles is 1. The maximum Gasteiger partial charge on any atom is 0.266 e. The lowest BCUT2D eigenvalue weighted by Gasteiger charge is -2.19. The molecule has 1 aromatic heterocycles. The number of aromatic nitrogens is 1. The largest absolute Gasteiger partial charge is 0.618 e. The molecule has 0 aliphatic heterocycles. The number of carbonyl (C=O) groups is 1. The number of nitrogens with one attached hydrogen (secondary N) is 1. The Morgan fingerprint density at radius 3 is 2.36 bits per heavy atom. The topological polar surface area (TPSA) is 89.1 Å². The number of benzene rings is 2. The van der Waals surface area contributed by atoms with Crippen molar-refractivity contribution in [3.8, 4) is 23.1 Å². The van der Waals surface area contributed by atoms with Crippen molar-refractivity contribution < 1.29 is 14.3 Å². The fourth-order valence-corrected chi connectivity index (χ4v) is 3.84. The normalized spacial score (nSPS) is 10.5. The van der Waals surface area contributed by atoms with Crippen molar-refractivity contribution in [3.05, 3.63) is 81.7 Å².